The van der Waals surface area contributed by atoms with E-state index >= 15 is 0 Å². The van der Waals surface area contributed by atoms with Gasteiger partial charge in [0, 0.05) is 6.42 Å². The highest BCUT2D eigenvalue weighted by atomic mass is 16.4. The average Bonchev–Trinajstić information content (AvgIpc) is 1.97. The molecule has 2 atom stereocenters. The number of hydrogen-bond donors (Lipinski definition) is 3. The van der Waals surface area contributed by atoms with Crippen molar-refractivity contribution < 1.29 is 15.0 Å². The zero-order valence-corrected chi connectivity index (χ0v) is 8.94. The van der Waals surface area contributed by atoms with Gasteiger partial charge in [0.1, 0.15) is 6.23 Å². The second kappa shape index (κ2) is 6.79. The molecular formula is C10H21NO3. The van der Waals surface area contributed by atoms with E-state index in [4.69, 9.17) is 15.9 Å². The Morgan fingerprint density at radius 3 is 2.29 bits per heavy atom. The Balaban J connectivity index is 3.90. The summed E-state index contributed by atoms with van der Waals surface area (Å²) in [6.45, 7) is 4.13. The van der Waals surface area contributed by atoms with Crippen molar-refractivity contribution in [3.63, 3.8) is 0 Å². The molecule has 14 heavy (non-hydrogen) atoms. The van der Waals surface area contributed by atoms with Crippen LogP contribution in [-0.4, -0.2) is 22.4 Å². The van der Waals surface area contributed by atoms with Crippen LogP contribution in [0.25, 0.3) is 0 Å². The lowest BCUT2D eigenvalue weighted by molar-refractivity contribution is -0.138. The van der Waals surface area contributed by atoms with E-state index in [1.807, 2.05) is 0 Å². The van der Waals surface area contributed by atoms with E-state index in [0.29, 0.717) is 18.8 Å². The van der Waals surface area contributed by atoms with Gasteiger partial charge in [0.15, 0.2) is 0 Å². The highest BCUT2D eigenvalue weighted by molar-refractivity contribution is 5.66. The van der Waals surface area contributed by atoms with Crippen LogP contribution in [0.4, 0.5) is 0 Å². The molecule has 0 aliphatic rings. The summed E-state index contributed by atoms with van der Waals surface area (Å²) in [6.07, 6.45) is 1.38. The number of rotatable bonds is 7. The molecular weight excluding hydrogens is 182 g/mol. The maximum Gasteiger partial charge on any atom is 0.303 e. The first-order chi connectivity index (χ1) is 6.41. The zero-order chi connectivity index (χ0) is 11.1. The number of aliphatic carboxylic acids is 1. The molecule has 0 spiro atoms. The normalized spacial score (nSPS) is 15.5. The minimum atomic E-state index is -0.821. The largest absolute Gasteiger partial charge is 0.481 e. The average molecular weight is 203 g/mol. The van der Waals surface area contributed by atoms with E-state index in [2.05, 4.69) is 13.8 Å². The number of carboxylic acids is 1. The van der Waals surface area contributed by atoms with Gasteiger partial charge in [-0.15, -0.1) is 0 Å². The number of carbonyl (C=O) groups is 1. The van der Waals surface area contributed by atoms with Gasteiger partial charge in [0.05, 0.1) is 0 Å². The van der Waals surface area contributed by atoms with E-state index in [9.17, 15) is 4.79 Å². The van der Waals surface area contributed by atoms with Crippen LogP contribution in [0.3, 0.4) is 0 Å². The van der Waals surface area contributed by atoms with Crippen molar-refractivity contribution in [3.05, 3.63) is 0 Å². The molecule has 4 N–H and O–H groups in total. The SMILES string of the molecule is CC(C)CC(CCC(N)O)CC(=O)O. The summed E-state index contributed by atoms with van der Waals surface area (Å²) in [5, 5.41) is 17.6. The number of hydrogen-bond acceptors (Lipinski definition) is 3. The van der Waals surface area contributed by atoms with Crippen molar-refractivity contribution in [1.82, 2.24) is 0 Å². The standard InChI is InChI=1S/C10H21NO3/c1-7(2)5-8(6-10(13)14)3-4-9(11)12/h7-9,12H,3-6,11H2,1-2H3,(H,13,14). The van der Waals surface area contributed by atoms with Crippen molar-refractivity contribution in [1.29, 1.82) is 0 Å². The summed E-state index contributed by atoms with van der Waals surface area (Å²) < 4.78 is 0. The van der Waals surface area contributed by atoms with Crippen LogP contribution in [0.15, 0.2) is 0 Å². The Labute approximate surface area is 85.1 Å². The Morgan fingerprint density at radius 1 is 1.36 bits per heavy atom. The van der Waals surface area contributed by atoms with Crippen molar-refractivity contribution >= 4 is 5.97 Å². The van der Waals surface area contributed by atoms with Crippen molar-refractivity contribution in [2.24, 2.45) is 17.6 Å². The number of carboxylic acid groups (broad SMARTS) is 1. The third-order valence-corrected chi connectivity index (χ3v) is 2.14. The fourth-order valence-electron chi connectivity index (χ4n) is 1.62. The van der Waals surface area contributed by atoms with Gasteiger partial charge in [-0.05, 0) is 31.1 Å². The Hall–Kier alpha value is -0.610. The molecule has 0 fully saturated rings. The first-order valence-corrected chi connectivity index (χ1v) is 5.07. The predicted molar refractivity (Wildman–Crippen MR) is 54.6 cm³/mol. The molecule has 0 aliphatic heterocycles. The van der Waals surface area contributed by atoms with Crippen LogP contribution in [0, 0.1) is 11.8 Å². The number of nitrogens with two attached hydrogens (primary N) is 1. The number of aliphatic hydroxyl groups excluding tert-OH is 1. The quantitative estimate of drug-likeness (QED) is 0.542. The smallest absolute Gasteiger partial charge is 0.303 e. The summed E-state index contributed by atoms with van der Waals surface area (Å²) in [5.41, 5.74) is 5.21. The van der Waals surface area contributed by atoms with Crippen LogP contribution < -0.4 is 5.73 Å². The van der Waals surface area contributed by atoms with Crippen molar-refractivity contribution in [2.75, 3.05) is 0 Å². The molecule has 4 nitrogen and oxygen atoms in total. The second-order valence-electron chi connectivity index (χ2n) is 4.24. The van der Waals surface area contributed by atoms with E-state index in [-0.39, 0.29) is 12.3 Å². The zero-order valence-electron chi connectivity index (χ0n) is 8.94. The first-order valence-electron chi connectivity index (χ1n) is 5.07. The topological polar surface area (TPSA) is 83.5 Å². The molecule has 0 rings (SSSR count). The lowest BCUT2D eigenvalue weighted by Gasteiger charge is -2.17. The van der Waals surface area contributed by atoms with Gasteiger partial charge in [0.2, 0.25) is 0 Å². The van der Waals surface area contributed by atoms with E-state index in [1.165, 1.54) is 0 Å². The van der Waals surface area contributed by atoms with Gasteiger partial charge in [-0.1, -0.05) is 13.8 Å². The lowest BCUT2D eigenvalue weighted by Crippen LogP contribution is -2.21. The van der Waals surface area contributed by atoms with Gasteiger partial charge >= 0.3 is 5.97 Å². The highest BCUT2D eigenvalue weighted by Gasteiger charge is 2.15. The van der Waals surface area contributed by atoms with Crippen LogP contribution in [-0.2, 0) is 4.79 Å². The minimum Gasteiger partial charge on any atom is -0.481 e. The third kappa shape index (κ3) is 8.01. The molecule has 0 aliphatic carbocycles. The van der Waals surface area contributed by atoms with Gasteiger partial charge < -0.3 is 15.9 Å². The van der Waals surface area contributed by atoms with Crippen molar-refractivity contribution in [3.8, 4) is 0 Å². The summed E-state index contributed by atoms with van der Waals surface area (Å²) >= 11 is 0. The Bertz CT molecular complexity index is 169. The molecule has 84 valence electrons. The molecule has 0 radical (unpaired) electrons. The molecule has 0 saturated heterocycles. The second-order valence-corrected chi connectivity index (χ2v) is 4.24. The van der Waals surface area contributed by atoms with Gasteiger partial charge in [-0.3, -0.25) is 4.79 Å². The van der Waals surface area contributed by atoms with Crippen LogP contribution in [0.5, 0.6) is 0 Å². The molecule has 0 heterocycles. The van der Waals surface area contributed by atoms with Crippen LogP contribution in [0.1, 0.15) is 39.5 Å². The fourth-order valence-corrected chi connectivity index (χ4v) is 1.62. The van der Waals surface area contributed by atoms with E-state index < -0.39 is 12.2 Å². The van der Waals surface area contributed by atoms with Gasteiger partial charge in [-0.25, -0.2) is 0 Å². The van der Waals surface area contributed by atoms with Crippen molar-refractivity contribution in [2.45, 2.75) is 45.8 Å². The molecule has 0 aromatic carbocycles. The van der Waals surface area contributed by atoms with E-state index in [1.54, 1.807) is 0 Å². The molecule has 0 saturated carbocycles. The Kier molecular flexibility index (Phi) is 6.49. The maximum absolute atomic E-state index is 10.5. The van der Waals surface area contributed by atoms with E-state index in [0.717, 1.165) is 6.42 Å². The minimum absolute atomic E-state index is 0.130. The monoisotopic (exact) mass is 203 g/mol. The summed E-state index contributed by atoms with van der Waals surface area (Å²) in [5.74, 6) is -0.165. The lowest BCUT2D eigenvalue weighted by atomic mass is 9.90. The van der Waals surface area contributed by atoms with Gasteiger partial charge in [0.25, 0.3) is 0 Å². The molecule has 2 unspecified atom stereocenters. The Morgan fingerprint density at radius 2 is 1.93 bits per heavy atom. The molecule has 4 heteroatoms. The molecule has 0 bridgehead atoms. The molecule has 0 amide bonds. The first kappa shape index (κ1) is 13.4. The third-order valence-electron chi connectivity index (χ3n) is 2.14. The van der Waals surface area contributed by atoms with Gasteiger partial charge in [-0.2, -0.15) is 0 Å². The number of aliphatic hydroxyl groups is 1. The molecule has 0 aromatic rings. The summed E-state index contributed by atoms with van der Waals surface area (Å²) in [6, 6.07) is 0. The highest BCUT2D eigenvalue weighted by Crippen LogP contribution is 2.20. The fraction of sp³-hybridized carbons (Fsp3) is 0.900. The molecule has 0 aromatic heterocycles. The summed E-state index contributed by atoms with van der Waals surface area (Å²) in [4.78, 5) is 10.5. The predicted octanol–water partition coefficient (Wildman–Crippen LogP) is 1.18. The van der Waals surface area contributed by atoms with Crippen LogP contribution >= 0.6 is 0 Å². The summed E-state index contributed by atoms with van der Waals surface area (Å²) in [7, 11) is 0. The maximum atomic E-state index is 10.5. The van der Waals surface area contributed by atoms with Crippen LogP contribution in [0.2, 0.25) is 0 Å².